The first-order chi connectivity index (χ1) is 17.9. The highest BCUT2D eigenvalue weighted by Gasteiger charge is 2.30. The normalized spacial score (nSPS) is 13.5. The van der Waals surface area contributed by atoms with Crippen LogP contribution in [0.3, 0.4) is 0 Å². The molecule has 4 aromatic rings. The van der Waals surface area contributed by atoms with Gasteiger partial charge in [-0.3, -0.25) is 4.79 Å². The Balaban J connectivity index is 1.39. The second-order valence-corrected chi connectivity index (χ2v) is 8.78. The number of methoxy groups -OCH3 is 2. The number of carbonyl (C=O) groups is 2. The van der Waals surface area contributed by atoms with E-state index in [-0.39, 0.29) is 17.5 Å². The van der Waals surface area contributed by atoms with Gasteiger partial charge in [0, 0.05) is 35.3 Å². The molecule has 5 rings (SSSR count). The third kappa shape index (κ3) is 4.56. The van der Waals surface area contributed by atoms with Crippen LogP contribution in [-0.2, 0) is 17.9 Å². The van der Waals surface area contributed by atoms with E-state index in [1.54, 1.807) is 31.4 Å². The Hall–Kier alpha value is -4.52. The van der Waals surface area contributed by atoms with E-state index < -0.39 is 0 Å². The minimum atomic E-state index is -0.384. The van der Waals surface area contributed by atoms with Gasteiger partial charge in [-0.25, -0.2) is 4.79 Å². The van der Waals surface area contributed by atoms with Crippen LogP contribution in [0.15, 0.2) is 66.6 Å². The summed E-state index contributed by atoms with van der Waals surface area (Å²) in [6.07, 6.45) is 3.81. The lowest BCUT2D eigenvalue weighted by atomic mass is 10.0. The number of aryl methyl sites for hydroxylation is 2. The number of nitrogens with zero attached hydrogens (tertiary/aromatic N) is 1. The SMILES string of the molecule is CCn1cc(/C=C2\Oc3cc(OCc4ccc(C(=O)OC)cc4)cc(C)c3C2=O)c2cc(OC)ccc21. The highest BCUT2D eigenvalue weighted by atomic mass is 16.5. The summed E-state index contributed by atoms with van der Waals surface area (Å²) < 4.78 is 24.3. The highest BCUT2D eigenvalue weighted by molar-refractivity contribution is 6.16. The summed E-state index contributed by atoms with van der Waals surface area (Å²) in [5.74, 6) is 1.55. The molecule has 0 amide bonds. The lowest BCUT2D eigenvalue weighted by molar-refractivity contribution is 0.0600. The molecule has 0 N–H and O–H groups in total. The molecule has 7 nitrogen and oxygen atoms in total. The number of esters is 1. The Bertz CT molecular complexity index is 1540. The largest absolute Gasteiger partial charge is 0.497 e. The number of aromatic nitrogens is 1. The molecular weight excluding hydrogens is 470 g/mol. The van der Waals surface area contributed by atoms with Gasteiger partial charge in [0.05, 0.1) is 25.3 Å². The van der Waals surface area contributed by atoms with Crippen molar-refractivity contribution in [3.63, 3.8) is 0 Å². The number of ketones is 1. The zero-order valence-electron chi connectivity index (χ0n) is 21.2. The smallest absolute Gasteiger partial charge is 0.337 e. The maximum absolute atomic E-state index is 13.3. The predicted octanol–water partition coefficient (Wildman–Crippen LogP) is 5.96. The van der Waals surface area contributed by atoms with Crippen molar-refractivity contribution in [2.45, 2.75) is 27.0 Å². The monoisotopic (exact) mass is 497 g/mol. The number of rotatable bonds is 7. The van der Waals surface area contributed by atoms with E-state index in [1.165, 1.54) is 7.11 Å². The Morgan fingerprint density at radius 2 is 1.81 bits per heavy atom. The Kier molecular flexibility index (Phi) is 6.44. The molecule has 1 aliphatic rings. The molecule has 0 atom stereocenters. The van der Waals surface area contributed by atoms with Crippen molar-refractivity contribution in [3.8, 4) is 17.2 Å². The Morgan fingerprint density at radius 3 is 2.51 bits per heavy atom. The minimum absolute atomic E-state index is 0.155. The average molecular weight is 498 g/mol. The van der Waals surface area contributed by atoms with Gasteiger partial charge in [0.25, 0.3) is 0 Å². The van der Waals surface area contributed by atoms with Crippen LogP contribution < -0.4 is 14.2 Å². The van der Waals surface area contributed by atoms with E-state index in [9.17, 15) is 9.59 Å². The molecule has 0 bridgehead atoms. The number of benzene rings is 3. The first kappa shape index (κ1) is 24.2. The van der Waals surface area contributed by atoms with Crippen LogP contribution in [0.25, 0.3) is 17.0 Å². The van der Waals surface area contributed by atoms with Gasteiger partial charge in [-0.05, 0) is 67.4 Å². The third-order valence-corrected chi connectivity index (χ3v) is 6.47. The van der Waals surface area contributed by atoms with Crippen LogP contribution in [-0.4, -0.2) is 30.5 Å². The molecule has 0 radical (unpaired) electrons. The second-order valence-electron chi connectivity index (χ2n) is 8.78. The number of carbonyl (C=O) groups excluding carboxylic acids is 2. The molecule has 7 heteroatoms. The number of allylic oxidation sites excluding steroid dienone is 1. The molecular formula is C30H27NO6. The molecule has 188 valence electrons. The second kappa shape index (κ2) is 9.85. The summed E-state index contributed by atoms with van der Waals surface area (Å²) in [5.41, 5.74) is 4.64. The van der Waals surface area contributed by atoms with Crippen molar-refractivity contribution in [2.75, 3.05) is 14.2 Å². The van der Waals surface area contributed by atoms with Gasteiger partial charge in [0.2, 0.25) is 5.78 Å². The van der Waals surface area contributed by atoms with Gasteiger partial charge in [-0.15, -0.1) is 0 Å². The maximum atomic E-state index is 13.3. The number of Topliss-reactive ketones (excluding diaryl/α,β-unsaturated/α-hetero) is 1. The first-order valence-corrected chi connectivity index (χ1v) is 12.0. The fourth-order valence-electron chi connectivity index (χ4n) is 4.53. The summed E-state index contributed by atoms with van der Waals surface area (Å²) in [6, 6.07) is 16.5. The topological polar surface area (TPSA) is 76.0 Å². The molecule has 3 aromatic carbocycles. The van der Waals surface area contributed by atoms with Crippen LogP contribution in [0.1, 0.15) is 44.3 Å². The quantitative estimate of drug-likeness (QED) is 0.232. The zero-order valence-corrected chi connectivity index (χ0v) is 21.2. The van der Waals surface area contributed by atoms with Gasteiger partial charge >= 0.3 is 5.97 Å². The number of hydrogen-bond donors (Lipinski definition) is 0. The van der Waals surface area contributed by atoms with Crippen LogP contribution in [0.4, 0.5) is 0 Å². The molecule has 2 heterocycles. The molecule has 1 aromatic heterocycles. The zero-order chi connectivity index (χ0) is 26.1. The Labute approximate surface area is 214 Å². The van der Waals surface area contributed by atoms with E-state index in [4.69, 9.17) is 18.9 Å². The third-order valence-electron chi connectivity index (χ3n) is 6.47. The van der Waals surface area contributed by atoms with E-state index in [2.05, 4.69) is 11.5 Å². The lowest BCUT2D eigenvalue weighted by Gasteiger charge is -2.09. The standard InChI is InChI=1S/C30H27NO6/c1-5-31-16-21(24-14-22(34-3)10-11-25(24)31)13-27-29(32)28-18(2)12-23(15-26(28)37-27)36-17-19-6-8-20(9-7-19)30(33)35-4/h6-16H,5,17H2,1-4H3/b27-13-. The van der Waals surface area contributed by atoms with Crippen LogP contribution in [0.5, 0.6) is 17.2 Å². The van der Waals surface area contributed by atoms with E-state index >= 15 is 0 Å². The molecule has 0 unspecified atom stereocenters. The molecule has 37 heavy (non-hydrogen) atoms. The predicted molar refractivity (Wildman–Crippen MR) is 140 cm³/mol. The fraction of sp³-hybridized carbons (Fsp3) is 0.200. The van der Waals surface area contributed by atoms with Gasteiger partial charge in [0.15, 0.2) is 5.76 Å². The maximum Gasteiger partial charge on any atom is 0.337 e. The van der Waals surface area contributed by atoms with Crippen molar-refractivity contribution in [1.82, 2.24) is 4.57 Å². The fourth-order valence-corrected chi connectivity index (χ4v) is 4.53. The van der Waals surface area contributed by atoms with Crippen LogP contribution in [0.2, 0.25) is 0 Å². The van der Waals surface area contributed by atoms with Crippen molar-refractivity contribution < 1.29 is 28.5 Å². The summed E-state index contributed by atoms with van der Waals surface area (Å²) in [4.78, 5) is 24.9. The first-order valence-electron chi connectivity index (χ1n) is 12.0. The number of ether oxygens (including phenoxy) is 4. The van der Waals surface area contributed by atoms with Crippen molar-refractivity contribution in [1.29, 1.82) is 0 Å². The summed E-state index contributed by atoms with van der Waals surface area (Å²) in [7, 11) is 2.99. The van der Waals surface area contributed by atoms with Crippen molar-refractivity contribution >= 4 is 28.7 Å². The van der Waals surface area contributed by atoms with Crippen LogP contribution in [0, 0.1) is 6.92 Å². The van der Waals surface area contributed by atoms with E-state index in [0.29, 0.717) is 29.2 Å². The molecule has 0 saturated carbocycles. The minimum Gasteiger partial charge on any atom is -0.497 e. The molecule has 1 aliphatic heterocycles. The summed E-state index contributed by atoms with van der Waals surface area (Å²) in [5, 5.41) is 0.986. The van der Waals surface area contributed by atoms with Gasteiger partial charge < -0.3 is 23.5 Å². The van der Waals surface area contributed by atoms with Crippen LogP contribution >= 0.6 is 0 Å². The van der Waals surface area contributed by atoms with E-state index in [0.717, 1.165) is 39.9 Å². The number of fused-ring (bicyclic) bond motifs is 2. The average Bonchev–Trinajstić information content (AvgIpc) is 3.43. The molecule has 0 saturated heterocycles. The summed E-state index contributed by atoms with van der Waals surface area (Å²) >= 11 is 0. The van der Waals surface area contributed by atoms with E-state index in [1.807, 2.05) is 49.5 Å². The lowest BCUT2D eigenvalue weighted by Crippen LogP contribution is -2.02. The highest BCUT2D eigenvalue weighted by Crippen LogP contribution is 2.38. The molecule has 0 fully saturated rings. The van der Waals surface area contributed by atoms with Gasteiger partial charge in [0.1, 0.15) is 23.9 Å². The molecule has 0 spiro atoms. The summed E-state index contributed by atoms with van der Waals surface area (Å²) in [6.45, 7) is 5.04. The molecule has 0 aliphatic carbocycles. The van der Waals surface area contributed by atoms with Crippen molar-refractivity contribution in [3.05, 3.63) is 94.4 Å². The Morgan fingerprint density at radius 1 is 1.03 bits per heavy atom. The van der Waals surface area contributed by atoms with Gasteiger partial charge in [-0.2, -0.15) is 0 Å². The van der Waals surface area contributed by atoms with Gasteiger partial charge in [-0.1, -0.05) is 12.1 Å². The number of hydrogen-bond acceptors (Lipinski definition) is 6. The van der Waals surface area contributed by atoms with Crippen molar-refractivity contribution in [2.24, 2.45) is 0 Å².